The number of imidazole rings is 1. The van der Waals surface area contributed by atoms with Crippen LogP contribution in [-0.4, -0.2) is 35.1 Å². The second-order valence-corrected chi connectivity index (χ2v) is 8.08. The van der Waals surface area contributed by atoms with Crippen molar-refractivity contribution in [3.8, 4) is 0 Å². The van der Waals surface area contributed by atoms with Crippen LogP contribution in [0.3, 0.4) is 0 Å². The van der Waals surface area contributed by atoms with E-state index >= 15 is 0 Å². The third-order valence-corrected chi connectivity index (χ3v) is 5.17. The molecular formula is C25H34IN5. The Bertz CT molecular complexity index is 919. The van der Waals surface area contributed by atoms with Gasteiger partial charge in [-0.1, -0.05) is 74.5 Å². The van der Waals surface area contributed by atoms with Gasteiger partial charge in [-0.05, 0) is 18.1 Å². The van der Waals surface area contributed by atoms with E-state index in [1.54, 1.807) is 0 Å². The summed E-state index contributed by atoms with van der Waals surface area (Å²) in [7, 11) is 0. The third kappa shape index (κ3) is 7.69. The molecule has 166 valence electrons. The quantitative estimate of drug-likeness (QED) is 0.241. The van der Waals surface area contributed by atoms with Gasteiger partial charge in [0.2, 0.25) is 0 Å². The Morgan fingerprint density at radius 2 is 1.68 bits per heavy atom. The van der Waals surface area contributed by atoms with Gasteiger partial charge in [-0.25, -0.2) is 4.98 Å². The van der Waals surface area contributed by atoms with Crippen molar-refractivity contribution < 1.29 is 0 Å². The van der Waals surface area contributed by atoms with Crippen molar-refractivity contribution in [1.82, 2.24) is 20.2 Å². The summed E-state index contributed by atoms with van der Waals surface area (Å²) in [5.74, 6) is 1.93. The highest BCUT2D eigenvalue weighted by molar-refractivity contribution is 14.0. The molecule has 0 atom stereocenters. The molecule has 0 bridgehead atoms. The molecule has 1 aromatic heterocycles. The Morgan fingerprint density at radius 1 is 1.00 bits per heavy atom. The van der Waals surface area contributed by atoms with Gasteiger partial charge in [0.25, 0.3) is 0 Å². The van der Waals surface area contributed by atoms with Crippen LogP contribution in [0.2, 0.25) is 0 Å². The number of nitrogens with zero attached hydrogens (tertiary/aromatic N) is 3. The molecule has 0 spiro atoms. The maximum absolute atomic E-state index is 4.84. The first-order valence-electron chi connectivity index (χ1n) is 10.7. The second kappa shape index (κ2) is 12.5. The minimum Gasteiger partial charge on any atom is -0.357 e. The van der Waals surface area contributed by atoms with Crippen LogP contribution < -0.4 is 10.6 Å². The van der Waals surface area contributed by atoms with E-state index in [9.17, 15) is 0 Å². The summed E-state index contributed by atoms with van der Waals surface area (Å²) in [5.41, 5.74) is 2.56. The summed E-state index contributed by atoms with van der Waals surface area (Å²) in [4.78, 5) is 9.38. The monoisotopic (exact) mass is 531 g/mol. The number of aromatic nitrogens is 2. The van der Waals surface area contributed by atoms with Crippen LogP contribution in [-0.2, 0) is 18.4 Å². The van der Waals surface area contributed by atoms with Crippen LogP contribution in [0.15, 0.2) is 78.0 Å². The smallest absolute Gasteiger partial charge is 0.191 e. The average molecular weight is 531 g/mol. The fraction of sp³-hybridized carbons (Fsp3) is 0.360. The molecule has 6 heteroatoms. The lowest BCUT2D eigenvalue weighted by Crippen LogP contribution is -2.39. The van der Waals surface area contributed by atoms with Crippen LogP contribution in [0.5, 0.6) is 0 Å². The Hall–Kier alpha value is -2.35. The fourth-order valence-corrected chi connectivity index (χ4v) is 3.38. The molecule has 3 aromatic rings. The lowest BCUT2D eigenvalue weighted by atomic mass is 9.85. The fourth-order valence-electron chi connectivity index (χ4n) is 3.38. The number of nitrogens with one attached hydrogen (secondary N) is 2. The first-order valence-corrected chi connectivity index (χ1v) is 10.7. The number of benzene rings is 2. The van der Waals surface area contributed by atoms with Crippen LogP contribution in [0, 0.1) is 0 Å². The SMILES string of the molecule is CCNC(=NCC(C)(C)c1ccccc1)NCCc1nccn1Cc1ccccc1.I. The highest BCUT2D eigenvalue weighted by Crippen LogP contribution is 2.22. The zero-order chi connectivity index (χ0) is 21.2. The topological polar surface area (TPSA) is 54.2 Å². The Balaban J connectivity index is 0.00000341. The van der Waals surface area contributed by atoms with Gasteiger partial charge in [-0.3, -0.25) is 4.99 Å². The number of aliphatic imine (C=N–C) groups is 1. The van der Waals surface area contributed by atoms with Crippen molar-refractivity contribution >= 4 is 29.9 Å². The summed E-state index contributed by atoms with van der Waals surface area (Å²) in [6.07, 6.45) is 4.76. The van der Waals surface area contributed by atoms with Gasteiger partial charge in [-0.2, -0.15) is 0 Å². The Morgan fingerprint density at radius 3 is 2.35 bits per heavy atom. The predicted molar refractivity (Wildman–Crippen MR) is 140 cm³/mol. The molecule has 0 amide bonds. The van der Waals surface area contributed by atoms with Gasteiger partial charge < -0.3 is 15.2 Å². The molecule has 2 aromatic carbocycles. The van der Waals surface area contributed by atoms with E-state index in [0.717, 1.165) is 44.4 Å². The Kier molecular flexibility index (Phi) is 10.0. The van der Waals surface area contributed by atoms with Crippen LogP contribution in [0.1, 0.15) is 37.7 Å². The minimum atomic E-state index is -0.0183. The molecule has 2 N–H and O–H groups in total. The number of guanidine groups is 1. The molecule has 0 radical (unpaired) electrons. The van der Waals surface area contributed by atoms with E-state index in [1.165, 1.54) is 11.1 Å². The van der Waals surface area contributed by atoms with Crippen LogP contribution in [0.25, 0.3) is 0 Å². The highest BCUT2D eigenvalue weighted by Gasteiger charge is 2.20. The number of halogens is 1. The first kappa shape index (κ1) is 24.9. The number of hydrogen-bond acceptors (Lipinski definition) is 2. The van der Waals surface area contributed by atoms with Crippen molar-refractivity contribution in [1.29, 1.82) is 0 Å². The second-order valence-electron chi connectivity index (χ2n) is 8.08. The van der Waals surface area contributed by atoms with Gasteiger partial charge in [0, 0.05) is 43.9 Å². The molecule has 3 rings (SSSR count). The molecule has 31 heavy (non-hydrogen) atoms. The third-order valence-electron chi connectivity index (χ3n) is 5.17. The molecule has 0 aliphatic heterocycles. The predicted octanol–water partition coefficient (Wildman–Crippen LogP) is 4.62. The van der Waals surface area contributed by atoms with E-state index in [4.69, 9.17) is 4.99 Å². The first-order chi connectivity index (χ1) is 14.6. The van der Waals surface area contributed by atoms with Crippen LogP contribution >= 0.6 is 24.0 Å². The zero-order valence-corrected chi connectivity index (χ0v) is 21.0. The van der Waals surface area contributed by atoms with E-state index in [1.807, 2.05) is 18.5 Å². The average Bonchev–Trinajstić information content (AvgIpc) is 3.20. The summed E-state index contributed by atoms with van der Waals surface area (Å²) < 4.78 is 2.21. The molecular weight excluding hydrogens is 497 g/mol. The van der Waals surface area contributed by atoms with Crippen molar-refractivity contribution in [2.45, 2.75) is 39.2 Å². The summed E-state index contributed by atoms with van der Waals surface area (Å²) >= 11 is 0. The van der Waals surface area contributed by atoms with Gasteiger partial charge >= 0.3 is 0 Å². The molecule has 0 fully saturated rings. The minimum absolute atomic E-state index is 0. The van der Waals surface area contributed by atoms with E-state index in [-0.39, 0.29) is 29.4 Å². The molecule has 0 aliphatic carbocycles. The maximum Gasteiger partial charge on any atom is 0.191 e. The molecule has 0 saturated heterocycles. The molecule has 0 aliphatic rings. The van der Waals surface area contributed by atoms with Crippen molar-refractivity contribution in [3.63, 3.8) is 0 Å². The lowest BCUT2D eigenvalue weighted by Gasteiger charge is -2.24. The van der Waals surface area contributed by atoms with E-state index in [2.05, 4.69) is 95.6 Å². The largest absolute Gasteiger partial charge is 0.357 e. The van der Waals surface area contributed by atoms with E-state index < -0.39 is 0 Å². The van der Waals surface area contributed by atoms with Gasteiger partial charge in [0.15, 0.2) is 5.96 Å². The number of hydrogen-bond donors (Lipinski definition) is 2. The molecule has 1 heterocycles. The molecule has 5 nitrogen and oxygen atoms in total. The summed E-state index contributed by atoms with van der Waals surface area (Å²) in [6.45, 7) is 9.73. The highest BCUT2D eigenvalue weighted by atomic mass is 127. The summed E-state index contributed by atoms with van der Waals surface area (Å²) in [6, 6.07) is 21.0. The Labute approximate surface area is 203 Å². The number of rotatable bonds is 9. The van der Waals surface area contributed by atoms with E-state index in [0.29, 0.717) is 0 Å². The zero-order valence-electron chi connectivity index (χ0n) is 18.7. The summed E-state index contributed by atoms with van der Waals surface area (Å²) in [5, 5.41) is 6.81. The lowest BCUT2D eigenvalue weighted by molar-refractivity contribution is 0.537. The normalized spacial score (nSPS) is 11.6. The molecule has 0 unspecified atom stereocenters. The van der Waals surface area contributed by atoms with Gasteiger partial charge in [-0.15, -0.1) is 24.0 Å². The van der Waals surface area contributed by atoms with Gasteiger partial charge in [0.05, 0.1) is 6.54 Å². The van der Waals surface area contributed by atoms with Crippen LogP contribution in [0.4, 0.5) is 0 Å². The standard InChI is InChI=1S/C25H33N5.HI/c1-4-26-24(29-20-25(2,3)22-13-9-6-10-14-22)28-16-15-23-27-17-18-30(23)19-21-11-7-5-8-12-21;/h5-14,17-18H,4,15-16,19-20H2,1-3H3,(H2,26,28,29);1H. The van der Waals surface area contributed by atoms with Crippen molar-refractivity contribution in [3.05, 3.63) is 90.0 Å². The molecule has 0 saturated carbocycles. The van der Waals surface area contributed by atoms with Crippen molar-refractivity contribution in [2.75, 3.05) is 19.6 Å². The van der Waals surface area contributed by atoms with Crippen molar-refractivity contribution in [2.24, 2.45) is 4.99 Å². The maximum atomic E-state index is 4.84. The van der Waals surface area contributed by atoms with Gasteiger partial charge in [0.1, 0.15) is 5.82 Å².